The minimum Gasteiger partial charge on any atom is -0.406 e. The minimum absolute atomic E-state index is 0.0301. The van der Waals surface area contributed by atoms with Gasteiger partial charge in [0.05, 0.1) is 5.02 Å². The van der Waals surface area contributed by atoms with Gasteiger partial charge in [0, 0.05) is 23.4 Å². The van der Waals surface area contributed by atoms with Gasteiger partial charge in [-0.05, 0) is 56.4 Å². The van der Waals surface area contributed by atoms with Crippen LogP contribution in [0.3, 0.4) is 0 Å². The molecule has 1 aliphatic carbocycles. The summed E-state index contributed by atoms with van der Waals surface area (Å²) in [6, 6.07) is 5.47. The Labute approximate surface area is 175 Å². The number of pyridine rings is 1. The molecule has 1 aliphatic rings. The van der Waals surface area contributed by atoms with Crippen molar-refractivity contribution in [1.82, 2.24) is 14.5 Å². The van der Waals surface area contributed by atoms with Gasteiger partial charge in [0.15, 0.2) is 5.65 Å². The zero-order chi connectivity index (χ0) is 21.6. The highest BCUT2D eigenvalue weighted by atomic mass is 35.5. The molecule has 0 unspecified atom stereocenters. The van der Waals surface area contributed by atoms with Crippen molar-refractivity contribution in [3.63, 3.8) is 0 Å². The highest BCUT2D eigenvalue weighted by Crippen LogP contribution is 2.42. The molecule has 1 atom stereocenters. The van der Waals surface area contributed by atoms with Crippen LogP contribution >= 0.6 is 11.6 Å². The lowest BCUT2D eigenvalue weighted by molar-refractivity contribution is -0.274. The van der Waals surface area contributed by atoms with E-state index >= 15 is 0 Å². The van der Waals surface area contributed by atoms with E-state index in [1.165, 1.54) is 12.1 Å². The third kappa shape index (κ3) is 3.88. The lowest BCUT2D eigenvalue weighted by Gasteiger charge is -2.21. The van der Waals surface area contributed by atoms with Crippen LogP contribution in [0, 0.1) is 12.8 Å². The summed E-state index contributed by atoms with van der Waals surface area (Å²) in [5, 5.41) is 0.0793. The highest BCUT2D eigenvalue weighted by molar-refractivity contribution is 6.33. The maximum absolute atomic E-state index is 12.9. The lowest BCUT2D eigenvalue weighted by atomic mass is 10.0. The highest BCUT2D eigenvalue weighted by Gasteiger charge is 2.34. The number of hydrogen-bond donors (Lipinski definition) is 0. The topological polar surface area (TPSA) is 57.0 Å². The molecule has 0 radical (unpaired) electrons. The van der Waals surface area contributed by atoms with E-state index in [0.717, 1.165) is 25.3 Å². The molecule has 0 bridgehead atoms. The summed E-state index contributed by atoms with van der Waals surface area (Å²) in [5.41, 5.74) is 2.17. The monoisotopic (exact) mass is 437 g/mol. The second-order valence-electron chi connectivity index (χ2n) is 7.41. The summed E-state index contributed by atoms with van der Waals surface area (Å²) in [4.78, 5) is 21.8. The van der Waals surface area contributed by atoms with Crippen LogP contribution in [-0.4, -0.2) is 20.9 Å². The van der Waals surface area contributed by atoms with Crippen LogP contribution in [0.5, 0.6) is 5.75 Å². The fourth-order valence-corrected chi connectivity index (χ4v) is 4.13. The molecular weight excluding hydrogens is 419 g/mol. The van der Waals surface area contributed by atoms with Crippen LogP contribution in [0.25, 0.3) is 22.3 Å². The van der Waals surface area contributed by atoms with Crippen LogP contribution < -0.4 is 10.3 Å². The molecule has 4 rings (SSSR count). The summed E-state index contributed by atoms with van der Waals surface area (Å²) in [7, 11) is 0. The van der Waals surface area contributed by atoms with Crippen molar-refractivity contribution in [2.45, 2.75) is 45.5 Å². The minimum atomic E-state index is -4.80. The van der Waals surface area contributed by atoms with E-state index in [0.29, 0.717) is 33.9 Å². The van der Waals surface area contributed by atoms with E-state index in [2.05, 4.69) is 14.7 Å². The molecule has 0 saturated heterocycles. The summed E-state index contributed by atoms with van der Waals surface area (Å²) in [5.74, 6) is 0.0287. The zero-order valence-electron chi connectivity index (χ0n) is 16.3. The quantitative estimate of drug-likeness (QED) is 0.515. The second-order valence-corrected chi connectivity index (χ2v) is 7.81. The molecule has 5 nitrogen and oxygen atoms in total. The smallest absolute Gasteiger partial charge is 0.406 e. The van der Waals surface area contributed by atoms with Crippen molar-refractivity contribution in [3.05, 3.63) is 51.5 Å². The van der Waals surface area contributed by atoms with Crippen molar-refractivity contribution in [1.29, 1.82) is 0 Å². The van der Waals surface area contributed by atoms with E-state index in [1.807, 2.05) is 6.92 Å². The third-order valence-electron chi connectivity index (χ3n) is 5.32. The van der Waals surface area contributed by atoms with E-state index in [9.17, 15) is 18.0 Å². The van der Waals surface area contributed by atoms with Gasteiger partial charge in [-0.3, -0.25) is 9.36 Å². The Kier molecular flexibility index (Phi) is 5.22. The first kappa shape index (κ1) is 20.7. The molecule has 9 heteroatoms. The fourth-order valence-electron chi connectivity index (χ4n) is 3.86. The summed E-state index contributed by atoms with van der Waals surface area (Å²) >= 11 is 6.29. The van der Waals surface area contributed by atoms with Crippen LogP contribution in [0.4, 0.5) is 13.2 Å². The number of fused-ring (bicyclic) bond motifs is 1. The van der Waals surface area contributed by atoms with Gasteiger partial charge >= 0.3 is 6.36 Å². The number of halogens is 4. The molecule has 0 spiro atoms. The standard InChI is InChI=1S/C21H19ClF3N3O2/c1-3-17(12-4-5-12)28-19-18(27-11(2)20(28)29)15(8-9-26-19)14-7-6-13(10-16(14)22)30-21(23,24)25/h6-10,12,17H,3-5H2,1-2H3/t17-/m0/s1. The van der Waals surface area contributed by atoms with Gasteiger partial charge in [-0.2, -0.15) is 0 Å². The molecule has 1 saturated carbocycles. The van der Waals surface area contributed by atoms with Crippen molar-refractivity contribution in [2.24, 2.45) is 5.92 Å². The van der Waals surface area contributed by atoms with Gasteiger partial charge in [-0.25, -0.2) is 9.97 Å². The van der Waals surface area contributed by atoms with Gasteiger partial charge < -0.3 is 4.74 Å². The Morgan fingerprint density at radius 2 is 2.00 bits per heavy atom. The number of benzene rings is 1. The average Bonchev–Trinajstić information content (AvgIpc) is 3.49. The lowest BCUT2D eigenvalue weighted by Crippen LogP contribution is -2.29. The molecule has 2 aromatic heterocycles. The number of ether oxygens (including phenoxy) is 1. The van der Waals surface area contributed by atoms with E-state index < -0.39 is 12.1 Å². The first-order valence-electron chi connectivity index (χ1n) is 9.63. The van der Waals surface area contributed by atoms with Crippen molar-refractivity contribution in [3.8, 4) is 16.9 Å². The third-order valence-corrected chi connectivity index (χ3v) is 5.63. The van der Waals surface area contributed by atoms with Gasteiger partial charge in [-0.1, -0.05) is 18.5 Å². The van der Waals surface area contributed by atoms with Gasteiger partial charge in [0.1, 0.15) is 17.0 Å². The van der Waals surface area contributed by atoms with Crippen molar-refractivity contribution < 1.29 is 17.9 Å². The molecule has 0 aliphatic heterocycles. The largest absolute Gasteiger partial charge is 0.573 e. The first-order chi connectivity index (χ1) is 14.2. The Hall–Kier alpha value is -2.61. The molecule has 30 heavy (non-hydrogen) atoms. The SMILES string of the molecule is CC[C@@H](C1CC1)n1c(=O)c(C)nc2c(-c3ccc(OC(F)(F)F)cc3Cl)ccnc21. The number of nitrogens with zero attached hydrogens (tertiary/aromatic N) is 3. The number of aromatic nitrogens is 3. The number of alkyl halides is 3. The number of rotatable bonds is 5. The van der Waals surface area contributed by atoms with Crippen LogP contribution in [-0.2, 0) is 0 Å². The molecule has 0 amide bonds. The molecular formula is C21H19ClF3N3O2. The maximum atomic E-state index is 12.9. The average molecular weight is 438 g/mol. The van der Waals surface area contributed by atoms with Crippen LogP contribution in [0.1, 0.15) is 37.9 Å². The van der Waals surface area contributed by atoms with E-state index in [-0.39, 0.29) is 16.6 Å². The van der Waals surface area contributed by atoms with E-state index in [4.69, 9.17) is 11.6 Å². The van der Waals surface area contributed by atoms with Gasteiger partial charge in [-0.15, -0.1) is 13.2 Å². The number of hydrogen-bond acceptors (Lipinski definition) is 4. The van der Waals surface area contributed by atoms with Gasteiger partial charge in [0.2, 0.25) is 0 Å². The Bertz CT molecular complexity index is 1170. The Morgan fingerprint density at radius 1 is 1.27 bits per heavy atom. The molecule has 1 fully saturated rings. The molecule has 2 heterocycles. The Morgan fingerprint density at radius 3 is 2.60 bits per heavy atom. The maximum Gasteiger partial charge on any atom is 0.573 e. The van der Waals surface area contributed by atoms with Crippen molar-refractivity contribution in [2.75, 3.05) is 0 Å². The second kappa shape index (κ2) is 7.58. The molecule has 3 aromatic rings. The summed E-state index contributed by atoms with van der Waals surface area (Å²) < 4.78 is 43.1. The predicted octanol–water partition coefficient (Wildman–Crippen LogP) is 5.68. The molecule has 158 valence electrons. The van der Waals surface area contributed by atoms with E-state index in [1.54, 1.807) is 23.8 Å². The molecule has 1 aromatic carbocycles. The van der Waals surface area contributed by atoms with Crippen molar-refractivity contribution >= 4 is 22.8 Å². The zero-order valence-corrected chi connectivity index (χ0v) is 17.1. The summed E-state index contributed by atoms with van der Waals surface area (Å²) in [6.45, 7) is 3.69. The first-order valence-corrected chi connectivity index (χ1v) is 10.0. The van der Waals surface area contributed by atoms with Crippen LogP contribution in [0.2, 0.25) is 5.02 Å². The number of aryl methyl sites for hydroxylation is 1. The predicted molar refractivity (Wildman–Crippen MR) is 108 cm³/mol. The normalized spacial score (nSPS) is 15.4. The Balaban J connectivity index is 1.89. The van der Waals surface area contributed by atoms with Crippen LogP contribution in [0.15, 0.2) is 35.3 Å². The summed E-state index contributed by atoms with van der Waals surface area (Å²) in [6.07, 6.45) is -0.319. The fraction of sp³-hybridized carbons (Fsp3) is 0.381. The molecule has 0 N–H and O–H groups in total. The van der Waals surface area contributed by atoms with Gasteiger partial charge in [0.25, 0.3) is 5.56 Å².